The van der Waals surface area contributed by atoms with Crippen LogP contribution < -0.4 is 0 Å². The highest BCUT2D eigenvalue weighted by molar-refractivity contribution is 5.87. The van der Waals surface area contributed by atoms with Crippen LogP contribution in [0.3, 0.4) is 0 Å². The molecule has 0 N–H and O–H groups in total. The maximum absolute atomic E-state index is 2.56. The van der Waals surface area contributed by atoms with Crippen molar-refractivity contribution in [2.75, 3.05) is 0 Å². The lowest BCUT2D eigenvalue weighted by molar-refractivity contribution is 0.494. The Morgan fingerprint density at radius 3 is 1.50 bits per heavy atom. The zero-order valence-corrected chi connectivity index (χ0v) is 27.6. The first kappa shape index (κ1) is 30.1. The van der Waals surface area contributed by atoms with Crippen molar-refractivity contribution >= 4 is 10.8 Å². The molecule has 0 nitrogen and oxygen atoms in total. The molecule has 1 unspecified atom stereocenters. The van der Waals surface area contributed by atoms with E-state index in [0.29, 0.717) is 0 Å². The summed E-state index contributed by atoms with van der Waals surface area (Å²) in [6, 6.07) is 34.9. The van der Waals surface area contributed by atoms with Gasteiger partial charge in [-0.3, -0.25) is 0 Å². The first-order chi connectivity index (χ1) is 19.6. The van der Waals surface area contributed by atoms with E-state index in [0.717, 1.165) is 6.42 Å². The molecule has 0 fully saturated rings. The molecule has 0 aliphatic heterocycles. The van der Waals surface area contributed by atoms with Crippen LogP contribution in [-0.4, -0.2) is 0 Å². The highest BCUT2D eigenvalue weighted by Crippen LogP contribution is 2.51. The van der Waals surface area contributed by atoms with E-state index in [1.807, 2.05) is 0 Å². The largest absolute Gasteiger partial charge is 0.0654 e. The summed E-state index contributed by atoms with van der Waals surface area (Å²) in [6.45, 7) is 23.2. The zero-order chi connectivity index (χ0) is 30.4. The molecule has 1 aliphatic carbocycles. The van der Waals surface area contributed by atoms with Gasteiger partial charge in [0.2, 0.25) is 0 Å². The zero-order valence-electron chi connectivity index (χ0n) is 27.6. The molecular formula is C42H50. The van der Waals surface area contributed by atoms with Crippen molar-refractivity contribution in [2.24, 2.45) is 5.41 Å². The maximum Gasteiger partial charge on any atom is 0.0204 e. The summed E-state index contributed by atoms with van der Waals surface area (Å²) >= 11 is 0. The van der Waals surface area contributed by atoms with Crippen molar-refractivity contribution in [2.45, 2.75) is 98.3 Å². The summed E-state index contributed by atoms with van der Waals surface area (Å²) in [5.41, 5.74) is 11.8. The third kappa shape index (κ3) is 6.05. The number of fused-ring (bicyclic) bond motifs is 1. The van der Waals surface area contributed by atoms with Crippen LogP contribution in [0.15, 0.2) is 114 Å². The van der Waals surface area contributed by atoms with Gasteiger partial charge in [0.1, 0.15) is 0 Å². The fraction of sp³-hybridized carbons (Fsp3) is 0.381. The van der Waals surface area contributed by atoms with Gasteiger partial charge in [-0.15, -0.1) is 0 Å². The van der Waals surface area contributed by atoms with Crippen LogP contribution >= 0.6 is 0 Å². The first-order valence-electron chi connectivity index (χ1n) is 15.7. The van der Waals surface area contributed by atoms with Gasteiger partial charge in [-0.2, -0.15) is 0 Å². The second-order valence-electron chi connectivity index (χ2n) is 15.6. The van der Waals surface area contributed by atoms with Gasteiger partial charge < -0.3 is 0 Å². The number of hydrogen-bond donors (Lipinski definition) is 0. The monoisotopic (exact) mass is 554 g/mol. The highest BCUT2D eigenvalue weighted by atomic mass is 14.4. The molecule has 4 aromatic carbocycles. The Bertz CT molecular complexity index is 1560. The van der Waals surface area contributed by atoms with Crippen molar-refractivity contribution < 1.29 is 0 Å². The predicted octanol–water partition coefficient (Wildman–Crippen LogP) is 12.0. The van der Waals surface area contributed by atoms with E-state index in [4.69, 9.17) is 0 Å². The van der Waals surface area contributed by atoms with Crippen molar-refractivity contribution in [1.82, 2.24) is 0 Å². The summed E-state index contributed by atoms with van der Waals surface area (Å²) in [7, 11) is 0. The summed E-state index contributed by atoms with van der Waals surface area (Å²) in [4.78, 5) is 0. The van der Waals surface area contributed by atoms with Crippen LogP contribution in [0, 0.1) is 5.41 Å². The summed E-state index contributed by atoms with van der Waals surface area (Å²) in [5, 5.41) is 2.66. The average Bonchev–Trinajstić information content (AvgIpc) is 3.32. The smallest absolute Gasteiger partial charge is 0.0204 e. The van der Waals surface area contributed by atoms with Gasteiger partial charge in [-0.25, -0.2) is 0 Å². The Hall–Kier alpha value is -3.38. The van der Waals surface area contributed by atoms with E-state index in [1.54, 1.807) is 0 Å². The maximum atomic E-state index is 2.56. The summed E-state index contributed by atoms with van der Waals surface area (Å²) in [5.74, 6) is 0.372. The highest BCUT2D eigenvalue weighted by Gasteiger charge is 2.35. The molecular weight excluding hydrogens is 504 g/mol. The van der Waals surface area contributed by atoms with Crippen LogP contribution in [0.5, 0.6) is 0 Å². The minimum absolute atomic E-state index is 0.117. The Kier molecular flexibility index (Phi) is 7.90. The molecule has 0 saturated heterocycles. The molecule has 4 aromatic rings. The molecule has 0 heterocycles. The van der Waals surface area contributed by atoms with Gasteiger partial charge in [0.15, 0.2) is 0 Å². The fourth-order valence-corrected chi connectivity index (χ4v) is 6.59. The molecule has 1 aliphatic rings. The molecule has 218 valence electrons. The van der Waals surface area contributed by atoms with Crippen molar-refractivity contribution in [3.8, 4) is 0 Å². The summed E-state index contributed by atoms with van der Waals surface area (Å²) < 4.78 is 0. The average molecular weight is 555 g/mol. The second kappa shape index (κ2) is 11.0. The number of hydrogen-bond acceptors (Lipinski definition) is 0. The normalized spacial score (nSPS) is 15.5. The van der Waals surface area contributed by atoms with Crippen LogP contribution in [0.4, 0.5) is 0 Å². The third-order valence-electron chi connectivity index (χ3n) is 9.34. The van der Waals surface area contributed by atoms with Gasteiger partial charge in [0, 0.05) is 11.8 Å². The minimum Gasteiger partial charge on any atom is -0.0654 e. The van der Waals surface area contributed by atoms with Gasteiger partial charge in [0.25, 0.3) is 0 Å². The van der Waals surface area contributed by atoms with E-state index >= 15 is 0 Å². The van der Waals surface area contributed by atoms with E-state index in [1.165, 1.54) is 55.3 Å². The number of allylic oxidation sites excluding steroid dienone is 4. The standard InChI is InChI=1S/C42H50/c1-28-26-34(42(8,9)10)27-37(28)39(36-17-13-15-29-14-11-12-16-35(29)36)38(30-18-22-32(23-19-30)40(2,3)4)31-20-24-33(25-21-31)41(5,6)7/h11-25,27,38-39H,26H2,1-10H3. The molecule has 0 amide bonds. The minimum atomic E-state index is 0.117. The quantitative estimate of drug-likeness (QED) is 0.230. The molecule has 0 aromatic heterocycles. The SMILES string of the molecule is CC1=C(C(c2cccc3ccccc23)C(c2ccc(C(C)(C)C)cc2)c2ccc(C(C)(C)C)cc2)C=C(C(C)(C)C)C1. The Morgan fingerprint density at radius 1 is 0.524 bits per heavy atom. The first-order valence-corrected chi connectivity index (χ1v) is 15.7. The topological polar surface area (TPSA) is 0 Å². The lowest BCUT2D eigenvalue weighted by Gasteiger charge is -2.32. The Labute approximate surface area is 255 Å². The molecule has 0 saturated carbocycles. The van der Waals surface area contributed by atoms with Crippen LogP contribution in [0.1, 0.15) is 115 Å². The van der Waals surface area contributed by atoms with E-state index in [-0.39, 0.29) is 28.1 Å². The number of benzene rings is 4. The van der Waals surface area contributed by atoms with Gasteiger partial charge in [-0.1, -0.05) is 171 Å². The van der Waals surface area contributed by atoms with Crippen LogP contribution in [0.2, 0.25) is 0 Å². The van der Waals surface area contributed by atoms with Gasteiger partial charge in [-0.05, 0) is 73.8 Å². The predicted molar refractivity (Wildman–Crippen MR) is 184 cm³/mol. The van der Waals surface area contributed by atoms with E-state index < -0.39 is 0 Å². The van der Waals surface area contributed by atoms with Gasteiger partial charge >= 0.3 is 0 Å². The molecule has 0 bridgehead atoms. The molecule has 0 heteroatoms. The molecule has 42 heavy (non-hydrogen) atoms. The lowest BCUT2D eigenvalue weighted by Crippen LogP contribution is -2.17. The summed E-state index contributed by atoms with van der Waals surface area (Å²) in [6.07, 6.45) is 3.61. The lowest BCUT2D eigenvalue weighted by atomic mass is 9.71. The van der Waals surface area contributed by atoms with E-state index in [9.17, 15) is 0 Å². The third-order valence-corrected chi connectivity index (χ3v) is 9.34. The Balaban J connectivity index is 1.80. The van der Waals surface area contributed by atoms with Crippen molar-refractivity contribution in [1.29, 1.82) is 0 Å². The van der Waals surface area contributed by atoms with Gasteiger partial charge in [0.05, 0.1) is 0 Å². The number of rotatable bonds is 5. The van der Waals surface area contributed by atoms with E-state index in [2.05, 4.69) is 166 Å². The van der Waals surface area contributed by atoms with Crippen LogP contribution in [0.25, 0.3) is 10.8 Å². The fourth-order valence-electron chi connectivity index (χ4n) is 6.59. The van der Waals surface area contributed by atoms with Crippen molar-refractivity contribution in [3.63, 3.8) is 0 Å². The Morgan fingerprint density at radius 2 is 1.02 bits per heavy atom. The second-order valence-corrected chi connectivity index (χ2v) is 15.6. The molecule has 0 spiro atoms. The molecule has 1 atom stereocenters. The van der Waals surface area contributed by atoms with Crippen LogP contribution in [-0.2, 0) is 10.8 Å². The molecule has 5 rings (SSSR count). The van der Waals surface area contributed by atoms with Crippen molar-refractivity contribution in [3.05, 3.63) is 142 Å². The molecule has 0 radical (unpaired) electrons.